The Morgan fingerprint density at radius 3 is 2.32 bits per heavy atom. The number of rotatable bonds is 7. The van der Waals surface area contributed by atoms with E-state index in [0.717, 1.165) is 24.0 Å². The number of hydrogen-bond acceptors (Lipinski definition) is 2. The molecule has 0 aliphatic heterocycles. The average Bonchev–Trinajstić information content (AvgIpc) is 2.34. The topological polar surface area (TPSA) is 29.3 Å². The van der Waals surface area contributed by atoms with Gasteiger partial charge in [0, 0.05) is 29.6 Å². The zero-order valence-corrected chi connectivity index (χ0v) is 14.2. The third-order valence-corrected chi connectivity index (χ3v) is 4.08. The molecule has 0 saturated heterocycles. The molecular weight excluding hydrogens is 300 g/mol. The van der Waals surface area contributed by atoms with Gasteiger partial charge in [-0.1, -0.05) is 48.0 Å². The quantitative estimate of drug-likeness (QED) is 0.813. The van der Waals surface area contributed by atoms with Crippen LogP contribution >= 0.6 is 15.9 Å². The molecule has 0 radical (unpaired) electrons. The fraction of sp³-hybridized carbons (Fsp3) is 0.625. The molecule has 108 valence electrons. The first-order chi connectivity index (χ1) is 8.91. The minimum absolute atomic E-state index is 0.101. The summed E-state index contributed by atoms with van der Waals surface area (Å²) in [6, 6.07) is 8.92. The van der Waals surface area contributed by atoms with Crippen LogP contribution in [0.1, 0.15) is 45.7 Å². The molecule has 0 fully saturated rings. The van der Waals surface area contributed by atoms with E-state index in [4.69, 9.17) is 5.73 Å². The van der Waals surface area contributed by atoms with E-state index in [9.17, 15) is 0 Å². The molecule has 2 N–H and O–H groups in total. The van der Waals surface area contributed by atoms with Crippen molar-refractivity contribution in [3.8, 4) is 0 Å². The van der Waals surface area contributed by atoms with Gasteiger partial charge in [-0.05, 0) is 37.8 Å². The molecule has 19 heavy (non-hydrogen) atoms. The Bertz CT molecular complexity index is 377. The highest BCUT2D eigenvalue weighted by molar-refractivity contribution is 9.10. The van der Waals surface area contributed by atoms with E-state index in [2.05, 4.69) is 60.7 Å². The van der Waals surface area contributed by atoms with Crippen LogP contribution in [-0.4, -0.2) is 24.0 Å². The van der Waals surface area contributed by atoms with Gasteiger partial charge in [-0.3, -0.25) is 0 Å². The van der Waals surface area contributed by atoms with Crippen LogP contribution in [0.4, 0.5) is 0 Å². The molecule has 1 aromatic carbocycles. The van der Waals surface area contributed by atoms with Gasteiger partial charge in [-0.15, -0.1) is 0 Å². The van der Waals surface area contributed by atoms with E-state index >= 15 is 0 Å². The second-order valence-electron chi connectivity index (χ2n) is 5.90. The summed E-state index contributed by atoms with van der Waals surface area (Å²) in [6.45, 7) is 11.2. The highest BCUT2D eigenvalue weighted by Gasteiger charge is 2.15. The van der Waals surface area contributed by atoms with E-state index < -0.39 is 0 Å². The molecule has 0 amide bonds. The number of nitrogens with two attached hydrogens (primary N) is 1. The molecule has 3 heteroatoms. The lowest BCUT2D eigenvalue weighted by Gasteiger charge is -2.29. The molecule has 0 saturated carbocycles. The smallest absolute Gasteiger partial charge is 0.0318 e. The lowest BCUT2D eigenvalue weighted by molar-refractivity contribution is 0.191. The summed E-state index contributed by atoms with van der Waals surface area (Å²) in [7, 11) is 0. The molecule has 1 aromatic rings. The van der Waals surface area contributed by atoms with Crippen molar-refractivity contribution in [1.29, 1.82) is 0 Å². The normalized spacial score (nSPS) is 13.5. The molecule has 0 aliphatic carbocycles. The van der Waals surface area contributed by atoms with Gasteiger partial charge in [-0.2, -0.15) is 0 Å². The van der Waals surface area contributed by atoms with Crippen molar-refractivity contribution in [3.63, 3.8) is 0 Å². The van der Waals surface area contributed by atoms with Crippen molar-refractivity contribution in [1.82, 2.24) is 4.90 Å². The van der Waals surface area contributed by atoms with Gasteiger partial charge in [0.25, 0.3) is 0 Å². The van der Waals surface area contributed by atoms with Gasteiger partial charge in [0.15, 0.2) is 0 Å². The van der Waals surface area contributed by atoms with Crippen LogP contribution in [0.3, 0.4) is 0 Å². The van der Waals surface area contributed by atoms with E-state index in [1.165, 1.54) is 5.56 Å². The molecular formula is C16H27BrN2. The zero-order valence-electron chi connectivity index (χ0n) is 12.6. The molecule has 0 spiro atoms. The fourth-order valence-corrected chi connectivity index (χ4v) is 2.84. The highest BCUT2D eigenvalue weighted by atomic mass is 79.9. The molecule has 0 heterocycles. The SMILES string of the molecule is CC(C)CN(CCC(N)c1ccccc1Br)C(C)C. The van der Waals surface area contributed by atoms with Crippen LogP contribution < -0.4 is 5.73 Å². The standard InChI is InChI=1S/C16H27BrN2/c1-12(2)11-19(13(3)4)10-9-16(18)14-7-5-6-8-15(14)17/h5-8,12-13,16H,9-11,18H2,1-4H3. The lowest BCUT2D eigenvalue weighted by atomic mass is 10.0. The van der Waals surface area contributed by atoms with E-state index in [0.29, 0.717) is 12.0 Å². The summed E-state index contributed by atoms with van der Waals surface area (Å²) < 4.78 is 1.11. The van der Waals surface area contributed by atoms with Crippen molar-refractivity contribution >= 4 is 15.9 Å². The molecule has 0 bridgehead atoms. The minimum atomic E-state index is 0.101. The molecule has 1 unspecified atom stereocenters. The first-order valence-electron chi connectivity index (χ1n) is 7.15. The molecule has 1 rings (SSSR count). The van der Waals surface area contributed by atoms with Gasteiger partial charge in [0.05, 0.1) is 0 Å². The Hall–Kier alpha value is -0.380. The van der Waals surface area contributed by atoms with E-state index in [1.807, 2.05) is 12.1 Å². The Morgan fingerprint density at radius 2 is 1.79 bits per heavy atom. The maximum atomic E-state index is 6.32. The summed E-state index contributed by atoms with van der Waals surface area (Å²) in [4.78, 5) is 2.52. The predicted octanol–water partition coefficient (Wildman–Crippen LogP) is 4.21. The fourth-order valence-electron chi connectivity index (χ4n) is 2.27. The van der Waals surface area contributed by atoms with Crippen molar-refractivity contribution < 1.29 is 0 Å². The highest BCUT2D eigenvalue weighted by Crippen LogP contribution is 2.24. The lowest BCUT2D eigenvalue weighted by Crippen LogP contribution is -2.36. The van der Waals surface area contributed by atoms with Gasteiger partial charge in [0.2, 0.25) is 0 Å². The van der Waals surface area contributed by atoms with E-state index in [1.54, 1.807) is 0 Å². The van der Waals surface area contributed by atoms with Crippen LogP contribution in [0.2, 0.25) is 0 Å². The molecule has 0 aromatic heterocycles. The first kappa shape index (κ1) is 16.7. The third kappa shape index (κ3) is 5.64. The van der Waals surface area contributed by atoms with Crippen molar-refractivity contribution in [2.75, 3.05) is 13.1 Å². The monoisotopic (exact) mass is 326 g/mol. The number of hydrogen-bond donors (Lipinski definition) is 1. The summed E-state index contributed by atoms with van der Waals surface area (Å²) in [5.41, 5.74) is 7.52. The summed E-state index contributed by atoms with van der Waals surface area (Å²) in [6.07, 6.45) is 0.994. The van der Waals surface area contributed by atoms with Gasteiger partial charge in [-0.25, -0.2) is 0 Å². The maximum Gasteiger partial charge on any atom is 0.0318 e. The minimum Gasteiger partial charge on any atom is -0.324 e. The maximum absolute atomic E-state index is 6.32. The van der Waals surface area contributed by atoms with Gasteiger partial charge < -0.3 is 10.6 Å². The Kier molecular flexibility index (Phi) is 7.05. The molecule has 2 nitrogen and oxygen atoms in total. The largest absolute Gasteiger partial charge is 0.324 e. The summed E-state index contributed by atoms with van der Waals surface area (Å²) in [5, 5.41) is 0. The van der Waals surface area contributed by atoms with Crippen molar-refractivity contribution in [3.05, 3.63) is 34.3 Å². The summed E-state index contributed by atoms with van der Waals surface area (Å²) >= 11 is 3.58. The second kappa shape index (κ2) is 8.03. The number of benzene rings is 1. The van der Waals surface area contributed by atoms with Crippen LogP contribution in [-0.2, 0) is 0 Å². The predicted molar refractivity (Wildman–Crippen MR) is 87.2 cm³/mol. The van der Waals surface area contributed by atoms with Crippen molar-refractivity contribution in [2.24, 2.45) is 11.7 Å². The average molecular weight is 327 g/mol. The van der Waals surface area contributed by atoms with Crippen LogP contribution in [0, 0.1) is 5.92 Å². The third-order valence-electron chi connectivity index (χ3n) is 3.36. The van der Waals surface area contributed by atoms with Crippen molar-refractivity contribution in [2.45, 2.75) is 46.2 Å². The molecule has 1 atom stereocenters. The van der Waals surface area contributed by atoms with Gasteiger partial charge in [0.1, 0.15) is 0 Å². The van der Waals surface area contributed by atoms with Crippen LogP contribution in [0.5, 0.6) is 0 Å². The van der Waals surface area contributed by atoms with Gasteiger partial charge >= 0.3 is 0 Å². The zero-order chi connectivity index (χ0) is 14.4. The Morgan fingerprint density at radius 1 is 1.16 bits per heavy atom. The Balaban J connectivity index is 2.57. The second-order valence-corrected chi connectivity index (χ2v) is 6.75. The Labute approximate surface area is 126 Å². The number of nitrogens with zero attached hydrogens (tertiary/aromatic N) is 1. The van der Waals surface area contributed by atoms with Crippen LogP contribution in [0.25, 0.3) is 0 Å². The first-order valence-corrected chi connectivity index (χ1v) is 7.95. The summed E-state index contributed by atoms with van der Waals surface area (Å²) in [5.74, 6) is 0.696. The van der Waals surface area contributed by atoms with E-state index in [-0.39, 0.29) is 6.04 Å². The molecule has 0 aliphatic rings. The number of halogens is 1. The van der Waals surface area contributed by atoms with Crippen LogP contribution in [0.15, 0.2) is 28.7 Å².